The number of nitrogens with zero attached hydrogens (tertiary/aromatic N) is 3. The Labute approximate surface area is 191 Å². The van der Waals surface area contributed by atoms with E-state index in [4.69, 9.17) is 0 Å². The van der Waals surface area contributed by atoms with E-state index in [0.29, 0.717) is 22.8 Å². The number of fused-ring (bicyclic) bond motifs is 1. The molecule has 4 heterocycles. The molecule has 8 heteroatoms. The van der Waals surface area contributed by atoms with Crippen molar-refractivity contribution in [3.63, 3.8) is 0 Å². The van der Waals surface area contributed by atoms with Gasteiger partial charge in [-0.05, 0) is 48.6 Å². The molecule has 0 bridgehead atoms. The summed E-state index contributed by atoms with van der Waals surface area (Å²) in [7, 11) is 0. The highest BCUT2D eigenvalue weighted by molar-refractivity contribution is 6.04. The molecular weight excluding hydrogens is 424 g/mol. The second-order valence-electron chi connectivity index (χ2n) is 9.37. The number of hydrogen-bond donors (Lipinski definition) is 2. The predicted octanol–water partition coefficient (Wildman–Crippen LogP) is 5.04. The summed E-state index contributed by atoms with van der Waals surface area (Å²) < 4.78 is 28.8. The van der Waals surface area contributed by atoms with Crippen molar-refractivity contribution in [3.8, 4) is 11.3 Å². The van der Waals surface area contributed by atoms with Crippen molar-refractivity contribution in [2.24, 2.45) is 5.41 Å². The molecule has 2 aromatic heterocycles. The van der Waals surface area contributed by atoms with Gasteiger partial charge in [0.05, 0.1) is 46.6 Å². The van der Waals surface area contributed by atoms with Gasteiger partial charge in [-0.2, -0.15) is 0 Å². The second-order valence-corrected chi connectivity index (χ2v) is 9.37. The van der Waals surface area contributed by atoms with E-state index in [1.54, 1.807) is 0 Å². The van der Waals surface area contributed by atoms with Gasteiger partial charge in [-0.1, -0.05) is 19.9 Å². The zero-order valence-electron chi connectivity index (χ0n) is 18.6. The smallest absolute Gasteiger partial charge is 0.255 e. The third kappa shape index (κ3) is 4.13. The molecule has 0 aliphatic carbocycles. The number of carbonyl (C=O) groups is 1. The molecule has 0 atom stereocenters. The van der Waals surface area contributed by atoms with Crippen LogP contribution in [0.4, 0.5) is 26.0 Å². The van der Waals surface area contributed by atoms with Gasteiger partial charge in [-0.25, -0.2) is 18.7 Å². The molecule has 0 spiro atoms. The molecule has 2 aliphatic rings. The first-order valence-corrected chi connectivity index (χ1v) is 11.1. The Hall–Kier alpha value is -3.55. The Kier molecular flexibility index (Phi) is 5.23. The number of amides is 1. The average Bonchev–Trinajstić information content (AvgIpc) is 3.14. The Morgan fingerprint density at radius 1 is 1.12 bits per heavy atom. The van der Waals surface area contributed by atoms with Crippen LogP contribution < -0.4 is 15.5 Å². The van der Waals surface area contributed by atoms with Crippen LogP contribution in [0.2, 0.25) is 0 Å². The summed E-state index contributed by atoms with van der Waals surface area (Å²) in [6.07, 6.45) is 4.15. The molecule has 2 N–H and O–H groups in total. The Morgan fingerprint density at radius 3 is 2.61 bits per heavy atom. The van der Waals surface area contributed by atoms with Crippen molar-refractivity contribution in [3.05, 3.63) is 65.5 Å². The summed E-state index contributed by atoms with van der Waals surface area (Å²) in [5.74, 6) is -1.17. The maximum atomic E-state index is 14.4. The number of benzene rings is 1. The Balaban J connectivity index is 1.47. The minimum Gasteiger partial charge on any atom is -0.370 e. The van der Waals surface area contributed by atoms with Gasteiger partial charge in [-0.15, -0.1) is 0 Å². The maximum Gasteiger partial charge on any atom is 0.255 e. The van der Waals surface area contributed by atoms with Gasteiger partial charge in [0.25, 0.3) is 5.91 Å². The highest BCUT2D eigenvalue weighted by atomic mass is 19.1. The van der Waals surface area contributed by atoms with Crippen LogP contribution in [0.25, 0.3) is 11.3 Å². The molecule has 0 saturated carbocycles. The zero-order chi connectivity index (χ0) is 23.2. The molecule has 3 aromatic rings. The minimum atomic E-state index is -0.711. The summed E-state index contributed by atoms with van der Waals surface area (Å²) in [5, 5.41) is 5.88. The fourth-order valence-corrected chi connectivity index (χ4v) is 4.63. The number of carbonyl (C=O) groups excluding carboxylic acids is 1. The topological polar surface area (TPSA) is 70.2 Å². The molecule has 1 fully saturated rings. The highest BCUT2D eigenvalue weighted by Crippen LogP contribution is 2.34. The number of hydrogen-bond acceptors (Lipinski definition) is 5. The molecule has 5 rings (SSSR count). The SMILES string of the molecule is CC1(C)CCCN(c2ccc(Nc3cc(-c4c(F)cccc4F)nc4c3C(=O)NC4)nc2)C1. The van der Waals surface area contributed by atoms with Gasteiger partial charge in [0, 0.05) is 13.1 Å². The number of rotatable bonds is 4. The van der Waals surface area contributed by atoms with E-state index in [0.717, 1.165) is 25.2 Å². The Bertz CT molecular complexity index is 1210. The van der Waals surface area contributed by atoms with Gasteiger partial charge in [-0.3, -0.25) is 4.79 Å². The average molecular weight is 450 g/mol. The van der Waals surface area contributed by atoms with Crippen molar-refractivity contribution in [2.45, 2.75) is 33.2 Å². The normalized spacial score (nSPS) is 17.0. The van der Waals surface area contributed by atoms with Crippen LogP contribution in [0.15, 0.2) is 42.6 Å². The number of anilines is 3. The zero-order valence-corrected chi connectivity index (χ0v) is 18.6. The van der Waals surface area contributed by atoms with Crippen LogP contribution in [0.3, 0.4) is 0 Å². The van der Waals surface area contributed by atoms with Gasteiger partial charge in [0.2, 0.25) is 0 Å². The van der Waals surface area contributed by atoms with Crippen molar-refractivity contribution < 1.29 is 13.6 Å². The maximum absolute atomic E-state index is 14.4. The van der Waals surface area contributed by atoms with E-state index in [2.05, 4.69) is 39.3 Å². The van der Waals surface area contributed by atoms with Crippen molar-refractivity contribution >= 4 is 23.1 Å². The highest BCUT2D eigenvalue weighted by Gasteiger charge is 2.28. The lowest BCUT2D eigenvalue weighted by Crippen LogP contribution is -2.40. The van der Waals surface area contributed by atoms with E-state index in [-0.39, 0.29) is 29.1 Å². The fourth-order valence-electron chi connectivity index (χ4n) is 4.63. The molecular formula is C25H25F2N5O. The number of aromatic nitrogens is 2. The first-order valence-electron chi connectivity index (χ1n) is 11.1. The molecule has 2 aliphatic heterocycles. The van der Waals surface area contributed by atoms with Gasteiger partial charge in [0.1, 0.15) is 17.5 Å². The predicted molar refractivity (Wildman–Crippen MR) is 124 cm³/mol. The number of halogens is 2. The van der Waals surface area contributed by atoms with Crippen molar-refractivity contribution in [2.75, 3.05) is 23.3 Å². The molecule has 1 saturated heterocycles. The van der Waals surface area contributed by atoms with E-state index < -0.39 is 11.6 Å². The minimum absolute atomic E-state index is 0.121. The lowest BCUT2D eigenvalue weighted by molar-refractivity contribution is 0.0966. The molecule has 33 heavy (non-hydrogen) atoms. The van der Waals surface area contributed by atoms with Gasteiger partial charge >= 0.3 is 0 Å². The first kappa shape index (κ1) is 21.3. The van der Waals surface area contributed by atoms with Crippen LogP contribution in [0.5, 0.6) is 0 Å². The number of pyridine rings is 2. The summed E-state index contributed by atoms with van der Waals surface area (Å²) in [4.78, 5) is 23.6. The van der Waals surface area contributed by atoms with Crippen LogP contribution in [0.1, 0.15) is 42.7 Å². The third-order valence-corrected chi connectivity index (χ3v) is 6.23. The largest absolute Gasteiger partial charge is 0.370 e. The van der Waals surface area contributed by atoms with E-state index in [9.17, 15) is 13.6 Å². The number of piperidine rings is 1. The molecule has 0 radical (unpaired) electrons. The monoisotopic (exact) mass is 449 g/mol. The van der Waals surface area contributed by atoms with E-state index >= 15 is 0 Å². The molecule has 1 aromatic carbocycles. The molecule has 170 valence electrons. The van der Waals surface area contributed by atoms with E-state index in [1.807, 2.05) is 18.3 Å². The van der Waals surface area contributed by atoms with Crippen LogP contribution >= 0.6 is 0 Å². The molecule has 0 unspecified atom stereocenters. The van der Waals surface area contributed by atoms with Gasteiger partial charge in [0.15, 0.2) is 0 Å². The van der Waals surface area contributed by atoms with Crippen LogP contribution in [0, 0.1) is 17.0 Å². The molecule has 1 amide bonds. The standard InChI is InChI=1S/C25H25F2N5O/c1-25(2)9-4-10-32(14-25)15-7-8-21(28-12-15)31-19-11-18(22-16(26)5-3-6-17(22)27)30-20-13-29-24(33)23(19)20/h3,5-8,11-12H,4,9-10,13-14H2,1-2H3,(H,29,33)(H,28,30,31). The fraction of sp³-hybridized carbons (Fsp3) is 0.320. The van der Waals surface area contributed by atoms with Crippen molar-refractivity contribution in [1.82, 2.24) is 15.3 Å². The quantitative estimate of drug-likeness (QED) is 0.584. The van der Waals surface area contributed by atoms with Crippen molar-refractivity contribution in [1.29, 1.82) is 0 Å². The van der Waals surface area contributed by atoms with Gasteiger partial charge < -0.3 is 15.5 Å². The lowest BCUT2D eigenvalue weighted by Gasteiger charge is -2.39. The second kappa shape index (κ2) is 8.10. The summed E-state index contributed by atoms with van der Waals surface area (Å²) in [6.45, 7) is 6.70. The number of nitrogens with one attached hydrogen (secondary N) is 2. The van der Waals surface area contributed by atoms with Crippen LogP contribution in [-0.2, 0) is 6.54 Å². The third-order valence-electron chi connectivity index (χ3n) is 6.23. The Morgan fingerprint density at radius 2 is 1.91 bits per heavy atom. The summed E-state index contributed by atoms with van der Waals surface area (Å²) >= 11 is 0. The van der Waals surface area contributed by atoms with E-state index in [1.165, 1.54) is 30.7 Å². The lowest BCUT2D eigenvalue weighted by atomic mass is 9.84. The summed E-state index contributed by atoms with van der Waals surface area (Å²) in [5.41, 5.74) is 2.41. The first-order chi connectivity index (χ1) is 15.8. The van der Waals surface area contributed by atoms with Crippen LogP contribution in [-0.4, -0.2) is 29.0 Å². The summed E-state index contributed by atoms with van der Waals surface area (Å²) in [6, 6.07) is 9.02. The molecule has 6 nitrogen and oxygen atoms in total.